The zero-order valence-electron chi connectivity index (χ0n) is 71.6. The van der Waals surface area contributed by atoms with E-state index in [0.717, 1.165) is 63.2 Å². The van der Waals surface area contributed by atoms with Crippen LogP contribution in [0.2, 0.25) is 0 Å². The summed E-state index contributed by atoms with van der Waals surface area (Å²) in [5.74, 6) is 0. The molecule has 0 amide bonds. The number of hydrogen-bond acceptors (Lipinski definition) is 0. The minimum atomic E-state index is -2.22. The molecule has 0 atom stereocenters. The topological polar surface area (TPSA) is 15.5 Å². The summed E-state index contributed by atoms with van der Waals surface area (Å²) in [6.07, 6.45) is 7.39. The number of benzene rings is 8. The molecule has 4 aromatic heterocycles. The Morgan fingerprint density at radius 3 is 0.932 bits per heavy atom. The zero-order valence-corrected chi connectivity index (χ0v) is 61.6. The standard InChI is InChI=1S/C25H30N.3C23H26N.5CH4/c1-18-14-19(2)23(15-22(18)21-10-8-7-9-11-21)24-13-12-20(17-26(24)6)16-25(3,4)5;2*1-6-19-15-24(5)23(13-16(19)2)22-14-21(17(3)12-18(22)4)20-10-8-7-9-11-20;1-6-19-13-23(24(5)15-18(19)4)22-14-21(16(2)12-17(22)3)20-10-8-7-9-11-20;;;;;/h7-15,17H,16H2,1-6H3;3*7-15H,6H2,1-5H3;5*1H4/q4*+1;;;;;/i1D3,16D2;3D3,6D2;;;;;;;. The predicted molar refractivity (Wildman–Crippen MR) is 451 cm³/mol. The third kappa shape index (κ3) is 20.8. The molecule has 0 spiro atoms. The van der Waals surface area contributed by atoms with Gasteiger partial charge in [-0.3, -0.25) is 0 Å². The van der Waals surface area contributed by atoms with Crippen molar-refractivity contribution in [1.29, 1.82) is 0 Å². The van der Waals surface area contributed by atoms with Crippen molar-refractivity contribution in [3.8, 4) is 89.5 Å². The van der Waals surface area contributed by atoms with E-state index in [0.29, 0.717) is 33.4 Å². The monoisotopic (exact) mass is 1380 g/mol. The highest BCUT2D eigenvalue weighted by molar-refractivity contribution is 5.79. The van der Waals surface area contributed by atoms with Crippen molar-refractivity contribution in [3.05, 3.63) is 308 Å². The van der Waals surface area contributed by atoms with Gasteiger partial charge >= 0.3 is 0 Å². The van der Waals surface area contributed by atoms with Gasteiger partial charge in [0.25, 0.3) is 0 Å². The second-order valence-corrected chi connectivity index (χ2v) is 27.4. The van der Waals surface area contributed by atoms with E-state index in [9.17, 15) is 0 Å². The number of hydrogen-bond donors (Lipinski definition) is 0. The summed E-state index contributed by atoms with van der Waals surface area (Å²) in [4.78, 5) is 0. The van der Waals surface area contributed by atoms with Gasteiger partial charge < -0.3 is 0 Å². The van der Waals surface area contributed by atoms with Crippen LogP contribution < -0.4 is 18.3 Å². The lowest BCUT2D eigenvalue weighted by Gasteiger charge is -2.17. The van der Waals surface area contributed by atoms with Gasteiger partial charge in [-0.25, -0.2) is 18.3 Å². The molecule has 4 heterocycles. The number of nitrogens with zero attached hydrogens (tertiary/aromatic N) is 4. The van der Waals surface area contributed by atoms with Crippen molar-refractivity contribution in [2.24, 2.45) is 33.6 Å². The summed E-state index contributed by atoms with van der Waals surface area (Å²) in [5, 5.41) is 0. The fraction of sp³-hybridized carbons (Fsp3) is 0.313. The zero-order chi connectivity index (χ0) is 79.3. The smallest absolute Gasteiger partial charge is 0.201 e. The van der Waals surface area contributed by atoms with Crippen molar-refractivity contribution < 1.29 is 32.0 Å². The molecule has 12 aromatic rings. The van der Waals surface area contributed by atoms with Crippen LogP contribution in [0.4, 0.5) is 0 Å². The molecular weight excluding hydrogens is 1250 g/mol. The van der Waals surface area contributed by atoms with E-state index in [-0.39, 0.29) is 37.1 Å². The molecule has 0 fully saturated rings. The molecule has 0 aliphatic rings. The molecule has 540 valence electrons. The molecule has 12 rings (SSSR count). The third-order valence-corrected chi connectivity index (χ3v) is 18.7. The van der Waals surface area contributed by atoms with Crippen LogP contribution >= 0.6 is 0 Å². The first kappa shape index (κ1) is 70.4. The highest BCUT2D eigenvalue weighted by Crippen LogP contribution is 2.36. The van der Waals surface area contributed by atoms with Crippen molar-refractivity contribution in [3.63, 3.8) is 0 Å². The van der Waals surface area contributed by atoms with E-state index in [1.807, 2.05) is 168 Å². The Labute approximate surface area is 640 Å². The second kappa shape index (κ2) is 38.0. The van der Waals surface area contributed by atoms with Crippen molar-refractivity contribution >= 4 is 0 Å². The summed E-state index contributed by atoms with van der Waals surface area (Å²) in [6, 6.07) is 67.6. The van der Waals surface area contributed by atoms with Crippen molar-refractivity contribution in [2.45, 2.75) is 180 Å². The summed E-state index contributed by atoms with van der Waals surface area (Å²) in [5.41, 5.74) is 32.0. The van der Waals surface area contributed by atoms with Gasteiger partial charge in [0.1, 0.15) is 28.2 Å². The SMILES string of the molecule is C.C.C.C.C.CCc1c[n+](C)c(-c2cc(-c3ccccc3)c(C)cc2C)cc1C.CCc1cc(-c2cc(-c3ccccc3)c(C)cc2C)[n+](C)cc1C.[2H]C([2H])([2H])c1cc(C)c(-c2cc(C)c(C([2H])([2H])C)c[n+]2C)cc1-c1ccccc1.[2H]C([2H])([2H])c1cc(C)c(-c2ccc(C([2H])([2H])C(C)(C)C)c[n+]2C)cc1-c1ccccc1. The first-order chi connectivity index (χ1) is 50.6. The van der Waals surface area contributed by atoms with Crippen molar-refractivity contribution in [1.82, 2.24) is 0 Å². The number of aryl methyl sites for hydroxylation is 18. The van der Waals surface area contributed by atoms with Gasteiger partial charge in [-0.1, -0.05) is 224 Å². The van der Waals surface area contributed by atoms with Crippen LogP contribution in [0.1, 0.15) is 176 Å². The molecule has 0 bridgehead atoms. The van der Waals surface area contributed by atoms with Gasteiger partial charge in [-0.15, -0.1) is 0 Å². The van der Waals surface area contributed by atoms with E-state index in [2.05, 4.69) is 188 Å². The summed E-state index contributed by atoms with van der Waals surface area (Å²) in [6.45, 7) is 26.2. The Morgan fingerprint density at radius 1 is 0.291 bits per heavy atom. The minimum absolute atomic E-state index is 0. The van der Waals surface area contributed by atoms with Crippen molar-refractivity contribution in [2.75, 3.05) is 0 Å². The van der Waals surface area contributed by atoms with Crippen LogP contribution in [-0.2, 0) is 53.8 Å². The largest absolute Gasteiger partial charge is 0.212 e. The van der Waals surface area contributed by atoms with Crippen LogP contribution in [0.3, 0.4) is 0 Å². The highest BCUT2D eigenvalue weighted by Gasteiger charge is 2.23. The molecule has 103 heavy (non-hydrogen) atoms. The molecule has 8 aromatic carbocycles. The van der Waals surface area contributed by atoms with E-state index >= 15 is 0 Å². The predicted octanol–water partition coefficient (Wildman–Crippen LogP) is 25.2. The fourth-order valence-corrected chi connectivity index (χ4v) is 13.4. The molecule has 0 radical (unpaired) electrons. The van der Waals surface area contributed by atoms with Crippen LogP contribution in [-0.4, -0.2) is 0 Å². The van der Waals surface area contributed by atoms with Gasteiger partial charge in [-0.05, 0) is 243 Å². The maximum atomic E-state index is 8.57. The van der Waals surface area contributed by atoms with E-state index in [4.69, 9.17) is 13.7 Å². The summed E-state index contributed by atoms with van der Waals surface area (Å²) < 4.78 is 89.6. The molecule has 0 saturated carbocycles. The molecule has 4 nitrogen and oxygen atoms in total. The molecule has 4 heteroatoms. The van der Waals surface area contributed by atoms with Gasteiger partial charge in [0.05, 0.1) is 0 Å². The fourth-order valence-electron chi connectivity index (χ4n) is 13.4. The van der Waals surface area contributed by atoms with E-state index in [1.165, 1.54) is 89.3 Å². The first-order valence-corrected chi connectivity index (χ1v) is 34.4. The normalized spacial score (nSPS) is 12.5. The summed E-state index contributed by atoms with van der Waals surface area (Å²) >= 11 is 0. The lowest BCUT2D eigenvalue weighted by Crippen LogP contribution is -2.32. The maximum absolute atomic E-state index is 8.57. The average Bonchev–Trinajstić information content (AvgIpc) is 0.768. The molecule has 0 aliphatic heterocycles. The van der Waals surface area contributed by atoms with E-state index in [1.54, 1.807) is 19.1 Å². The molecule has 0 N–H and O–H groups in total. The Morgan fingerprint density at radius 2 is 0.592 bits per heavy atom. The lowest BCUT2D eigenvalue weighted by atomic mass is 9.88. The van der Waals surface area contributed by atoms with Crippen LogP contribution in [0.25, 0.3) is 89.5 Å². The van der Waals surface area contributed by atoms with Gasteiger partial charge in [-0.2, -0.15) is 0 Å². The number of rotatable bonds is 12. The Bertz CT molecular complexity index is 5200. The molecular formula is C99H128N4+4. The second-order valence-electron chi connectivity index (χ2n) is 27.4. The maximum Gasteiger partial charge on any atom is 0.212 e. The quantitative estimate of drug-likeness (QED) is 0.108. The lowest BCUT2D eigenvalue weighted by molar-refractivity contribution is -0.661. The minimum Gasteiger partial charge on any atom is -0.201 e. The van der Waals surface area contributed by atoms with Crippen LogP contribution in [0, 0.1) is 81.4 Å². The van der Waals surface area contributed by atoms with Crippen LogP contribution in [0.5, 0.6) is 0 Å². The molecule has 0 aliphatic carbocycles. The molecule has 0 saturated heterocycles. The van der Waals surface area contributed by atoms with Gasteiger partial charge in [0, 0.05) is 82.5 Å². The van der Waals surface area contributed by atoms with E-state index < -0.39 is 31.9 Å². The number of pyridine rings is 4. The summed E-state index contributed by atoms with van der Waals surface area (Å²) in [7, 11) is 8.08. The Kier molecular flexibility index (Phi) is 26.0. The van der Waals surface area contributed by atoms with Gasteiger partial charge in [0.15, 0.2) is 24.8 Å². The Hall–Kier alpha value is -9.64. The third-order valence-electron chi connectivity index (χ3n) is 18.7. The van der Waals surface area contributed by atoms with Crippen LogP contribution in [0.15, 0.2) is 225 Å². The Balaban J connectivity index is 0.000000315. The highest BCUT2D eigenvalue weighted by atomic mass is 14.9. The average molecular weight is 1380 g/mol. The first-order valence-electron chi connectivity index (χ1n) is 39.4. The molecule has 0 unspecified atom stereocenters. The number of aromatic nitrogens is 4. The van der Waals surface area contributed by atoms with Gasteiger partial charge in [0.2, 0.25) is 22.8 Å².